The Labute approximate surface area is 106 Å². The van der Waals surface area contributed by atoms with Crippen molar-refractivity contribution in [2.45, 2.75) is 51.6 Å². The maximum Gasteiger partial charge on any atom is 0.0593 e. The molecule has 1 saturated carbocycles. The maximum absolute atomic E-state index is 5.71. The molecule has 1 saturated heterocycles. The Kier molecular flexibility index (Phi) is 5.26. The fourth-order valence-corrected chi connectivity index (χ4v) is 2.56. The maximum atomic E-state index is 5.71. The minimum atomic E-state index is 0.654. The highest BCUT2D eigenvalue weighted by molar-refractivity contribution is 4.88. The molecule has 1 N–H and O–H groups in total. The minimum Gasteiger partial charge on any atom is -0.380 e. The van der Waals surface area contributed by atoms with Crippen LogP contribution in [-0.2, 0) is 4.74 Å². The third-order valence-electron chi connectivity index (χ3n) is 3.65. The van der Waals surface area contributed by atoms with E-state index in [9.17, 15) is 0 Å². The Bertz CT molecular complexity index is 210. The highest BCUT2D eigenvalue weighted by atomic mass is 16.5. The molecule has 0 aromatic carbocycles. The van der Waals surface area contributed by atoms with Gasteiger partial charge in [-0.2, -0.15) is 0 Å². The van der Waals surface area contributed by atoms with Gasteiger partial charge in [-0.25, -0.2) is 0 Å². The van der Waals surface area contributed by atoms with Gasteiger partial charge in [-0.05, 0) is 38.1 Å². The summed E-state index contributed by atoms with van der Waals surface area (Å²) in [7, 11) is 0. The monoisotopic (exact) mass is 240 g/mol. The van der Waals surface area contributed by atoms with E-state index in [2.05, 4.69) is 24.1 Å². The van der Waals surface area contributed by atoms with Crippen LogP contribution in [0.25, 0.3) is 0 Å². The van der Waals surface area contributed by atoms with Gasteiger partial charge in [-0.15, -0.1) is 0 Å². The first-order chi connectivity index (χ1) is 8.25. The lowest BCUT2D eigenvalue weighted by Crippen LogP contribution is -2.40. The summed E-state index contributed by atoms with van der Waals surface area (Å²) < 4.78 is 5.71. The summed E-state index contributed by atoms with van der Waals surface area (Å²) in [6.45, 7) is 9.79. The molecule has 2 rings (SSSR count). The van der Waals surface area contributed by atoms with Gasteiger partial charge in [0.2, 0.25) is 0 Å². The predicted molar refractivity (Wildman–Crippen MR) is 71.3 cm³/mol. The first kappa shape index (κ1) is 13.3. The van der Waals surface area contributed by atoms with E-state index in [1.807, 2.05) is 0 Å². The van der Waals surface area contributed by atoms with Gasteiger partial charge in [-0.3, -0.25) is 4.90 Å². The standard InChI is InChI=1S/C14H28N2O/c1-12(2)11-17-9-8-16(14-5-6-14)10-13-4-3-7-15-13/h12-15H,3-11H2,1-2H3. The van der Waals surface area contributed by atoms with Crippen molar-refractivity contribution < 1.29 is 4.74 Å². The van der Waals surface area contributed by atoms with Crippen LogP contribution in [0.3, 0.4) is 0 Å². The van der Waals surface area contributed by atoms with Crippen LogP contribution in [-0.4, -0.2) is 49.8 Å². The molecule has 0 spiro atoms. The molecule has 100 valence electrons. The molecule has 1 aliphatic heterocycles. The Hall–Kier alpha value is -0.120. The molecule has 0 amide bonds. The summed E-state index contributed by atoms with van der Waals surface area (Å²) in [5, 5.41) is 3.60. The number of ether oxygens (including phenoxy) is 1. The zero-order valence-corrected chi connectivity index (χ0v) is 11.5. The van der Waals surface area contributed by atoms with Crippen molar-refractivity contribution >= 4 is 0 Å². The first-order valence-electron chi connectivity index (χ1n) is 7.31. The summed E-state index contributed by atoms with van der Waals surface area (Å²) >= 11 is 0. The minimum absolute atomic E-state index is 0.654. The van der Waals surface area contributed by atoms with Gasteiger partial charge in [-0.1, -0.05) is 13.8 Å². The second-order valence-electron chi connectivity index (χ2n) is 5.99. The molecule has 1 unspecified atom stereocenters. The fourth-order valence-electron chi connectivity index (χ4n) is 2.56. The van der Waals surface area contributed by atoms with Crippen molar-refractivity contribution in [1.82, 2.24) is 10.2 Å². The van der Waals surface area contributed by atoms with Crippen molar-refractivity contribution in [2.75, 3.05) is 32.8 Å². The second-order valence-corrected chi connectivity index (χ2v) is 5.99. The smallest absolute Gasteiger partial charge is 0.0593 e. The van der Waals surface area contributed by atoms with E-state index < -0.39 is 0 Å². The highest BCUT2D eigenvalue weighted by Crippen LogP contribution is 2.27. The molecule has 0 bridgehead atoms. The van der Waals surface area contributed by atoms with Crippen LogP contribution in [0.4, 0.5) is 0 Å². The van der Waals surface area contributed by atoms with E-state index in [0.29, 0.717) is 5.92 Å². The van der Waals surface area contributed by atoms with Gasteiger partial charge in [0.25, 0.3) is 0 Å². The summed E-state index contributed by atoms with van der Waals surface area (Å²) in [6, 6.07) is 1.60. The third-order valence-corrected chi connectivity index (χ3v) is 3.65. The Morgan fingerprint density at radius 2 is 2.12 bits per heavy atom. The van der Waals surface area contributed by atoms with E-state index in [1.54, 1.807) is 0 Å². The van der Waals surface area contributed by atoms with E-state index in [1.165, 1.54) is 38.8 Å². The second kappa shape index (κ2) is 6.72. The molecule has 2 fully saturated rings. The molecule has 3 nitrogen and oxygen atoms in total. The third kappa shape index (κ3) is 4.94. The van der Waals surface area contributed by atoms with Crippen molar-refractivity contribution in [1.29, 1.82) is 0 Å². The van der Waals surface area contributed by atoms with Crippen LogP contribution in [0.1, 0.15) is 39.5 Å². The van der Waals surface area contributed by atoms with E-state index in [4.69, 9.17) is 4.74 Å². The molecule has 17 heavy (non-hydrogen) atoms. The number of hydrogen-bond acceptors (Lipinski definition) is 3. The van der Waals surface area contributed by atoms with Gasteiger partial charge < -0.3 is 10.1 Å². The molecule has 0 aromatic heterocycles. The zero-order chi connectivity index (χ0) is 12.1. The summed E-state index contributed by atoms with van der Waals surface area (Å²) in [5.74, 6) is 0.654. The molecule has 0 aromatic rings. The van der Waals surface area contributed by atoms with Crippen LogP contribution in [0, 0.1) is 5.92 Å². The largest absolute Gasteiger partial charge is 0.380 e. The number of nitrogens with one attached hydrogen (secondary N) is 1. The molecule has 3 heteroatoms. The van der Waals surface area contributed by atoms with Crippen LogP contribution >= 0.6 is 0 Å². The lowest BCUT2D eigenvalue weighted by Gasteiger charge is -2.25. The fraction of sp³-hybridized carbons (Fsp3) is 1.00. The topological polar surface area (TPSA) is 24.5 Å². The van der Waals surface area contributed by atoms with Crippen LogP contribution in [0.15, 0.2) is 0 Å². The van der Waals surface area contributed by atoms with Crippen LogP contribution in [0.5, 0.6) is 0 Å². The van der Waals surface area contributed by atoms with E-state index >= 15 is 0 Å². The number of nitrogens with zero attached hydrogens (tertiary/aromatic N) is 1. The number of rotatable bonds is 8. The quantitative estimate of drug-likeness (QED) is 0.656. The molecular weight excluding hydrogens is 212 g/mol. The molecule has 2 aliphatic rings. The lowest BCUT2D eigenvalue weighted by molar-refractivity contribution is 0.0808. The molecule has 0 radical (unpaired) electrons. The van der Waals surface area contributed by atoms with Gasteiger partial charge in [0.15, 0.2) is 0 Å². The van der Waals surface area contributed by atoms with Crippen LogP contribution < -0.4 is 5.32 Å². The predicted octanol–water partition coefficient (Wildman–Crippen LogP) is 1.88. The molecule has 1 atom stereocenters. The van der Waals surface area contributed by atoms with Gasteiger partial charge in [0.1, 0.15) is 0 Å². The van der Waals surface area contributed by atoms with E-state index in [-0.39, 0.29) is 0 Å². The summed E-state index contributed by atoms with van der Waals surface area (Å²) in [6.07, 6.45) is 5.51. The first-order valence-corrected chi connectivity index (χ1v) is 7.31. The van der Waals surface area contributed by atoms with Crippen molar-refractivity contribution in [3.8, 4) is 0 Å². The zero-order valence-electron chi connectivity index (χ0n) is 11.5. The summed E-state index contributed by atoms with van der Waals surface area (Å²) in [4.78, 5) is 2.64. The van der Waals surface area contributed by atoms with Crippen LogP contribution in [0.2, 0.25) is 0 Å². The summed E-state index contributed by atoms with van der Waals surface area (Å²) in [5.41, 5.74) is 0. The average molecular weight is 240 g/mol. The average Bonchev–Trinajstić information content (AvgIpc) is 3.01. The van der Waals surface area contributed by atoms with Crippen molar-refractivity contribution in [2.24, 2.45) is 5.92 Å². The Morgan fingerprint density at radius 1 is 1.29 bits per heavy atom. The van der Waals surface area contributed by atoms with Gasteiger partial charge in [0, 0.05) is 31.8 Å². The van der Waals surface area contributed by atoms with Gasteiger partial charge >= 0.3 is 0 Å². The Morgan fingerprint density at radius 3 is 2.71 bits per heavy atom. The highest BCUT2D eigenvalue weighted by Gasteiger charge is 2.30. The molecule has 1 heterocycles. The van der Waals surface area contributed by atoms with Crippen molar-refractivity contribution in [3.05, 3.63) is 0 Å². The SMILES string of the molecule is CC(C)COCCN(CC1CCCN1)C1CC1. The normalized spacial score (nSPS) is 25.1. The number of hydrogen-bond donors (Lipinski definition) is 1. The van der Waals surface area contributed by atoms with E-state index in [0.717, 1.165) is 31.8 Å². The Balaban J connectivity index is 1.62. The lowest BCUT2D eigenvalue weighted by atomic mass is 10.2. The van der Waals surface area contributed by atoms with Crippen molar-refractivity contribution in [3.63, 3.8) is 0 Å². The molecular formula is C14H28N2O. The molecule has 1 aliphatic carbocycles. The van der Waals surface area contributed by atoms with Gasteiger partial charge in [0.05, 0.1) is 6.61 Å².